The maximum atomic E-state index is 12.5. The van der Waals surface area contributed by atoms with E-state index >= 15 is 0 Å². The van der Waals surface area contributed by atoms with Gasteiger partial charge in [-0.25, -0.2) is 0 Å². The minimum atomic E-state index is -0.143. The van der Waals surface area contributed by atoms with Gasteiger partial charge in [-0.05, 0) is 43.4 Å². The lowest BCUT2D eigenvalue weighted by molar-refractivity contribution is 0.0925. The van der Waals surface area contributed by atoms with E-state index in [1.807, 2.05) is 36.4 Å². The number of halogens is 1. The fourth-order valence-electron chi connectivity index (χ4n) is 3.06. The number of aromatic amines is 1. The molecule has 25 heavy (non-hydrogen) atoms. The quantitative estimate of drug-likeness (QED) is 0.663. The first-order valence-corrected chi connectivity index (χ1v) is 8.84. The van der Waals surface area contributed by atoms with Crippen molar-refractivity contribution in [2.75, 3.05) is 19.6 Å². The number of carbonyl (C=O) groups excluding carboxylic acids is 1. The number of nitrogens with zero attached hydrogens (tertiary/aromatic N) is 1. The molecule has 5 nitrogen and oxygen atoms in total. The van der Waals surface area contributed by atoms with Gasteiger partial charge in [-0.2, -0.15) is 0 Å². The van der Waals surface area contributed by atoms with Gasteiger partial charge in [-0.15, -0.1) is 0 Å². The summed E-state index contributed by atoms with van der Waals surface area (Å²) < 4.78 is 5.56. The molecule has 0 spiro atoms. The second kappa shape index (κ2) is 7.76. The molecule has 0 aliphatic heterocycles. The summed E-state index contributed by atoms with van der Waals surface area (Å²) in [6.45, 7) is 6.43. The van der Waals surface area contributed by atoms with Crippen molar-refractivity contribution in [3.63, 3.8) is 0 Å². The second-order valence-electron chi connectivity index (χ2n) is 5.88. The van der Waals surface area contributed by atoms with E-state index in [0.29, 0.717) is 17.3 Å². The van der Waals surface area contributed by atoms with Crippen LogP contribution < -0.4 is 5.32 Å². The van der Waals surface area contributed by atoms with Crippen molar-refractivity contribution in [2.24, 2.45) is 0 Å². The van der Waals surface area contributed by atoms with Crippen LogP contribution in [0.25, 0.3) is 10.9 Å². The van der Waals surface area contributed by atoms with Crippen LogP contribution >= 0.6 is 11.6 Å². The first-order valence-electron chi connectivity index (χ1n) is 8.46. The summed E-state index contributed by atoms with van der Waals surface area (Å²) in [5, 5.41) is 4.61. The standard InChI is InChI=1S/C19H22ClN3O2/c1-3-23(4-2)17(18-6-5-9-25-18)12-21-19(24)16-10-13-7-8-14(20)11-15(13)22-16/h5-11,17,22H,3-4,12H2,1-2H3,(H,21,24). The zero-order valence-electron chi connectivity index (χ0n) is 14.4. The second-order valence-corrected chi connectivity index (χ2v) is 6.31. The first-order chi connectivity index (χ1) is 12.1. The van der Waals surface area contributed by atoms with Crippen molar-refractivity contribution >= 4 is 28.4 Å². The number of fused-ring (bicyclic) bond motifs is 1. The maximum Gasteiger partial charge on any atom is 0.267 e. The molecular weight excluding hydrogens is 338 g/mol. The molecule has 1 atom stereocenters. The van der Waals surface area contributed by atoms with Gasteiger partial charge in [0.2, 0.25) is 0 Å². The van der Waals surface area contributed by atoms with Gasteiger partial charge < -0.3 is 14.7 Å². The Kier molecular flexibility index (Phi) is 5.46. The molecule has 2 N–H and O–H groups in total. The van der Waals surface area contributed by atoms with Crippen molar-refractivity contribution in [3.05, 3.63) is 59.1 Å². The van der Waals surface area contributed by atoms with Crippen LogP contribution in [0.5, 0.6) is 0 Å². The van der Waals surface area contributed by atoms with Crippen molar-refractivity contribution in [1.29, 1.82) is 0 Å². The highest BCUT2D eigenvalue weighted by Crippen LogP contribution is 2.22. The fraction of sp³-hybridized carbons (Fsp3) is 0.316. The number of carbonyl (C=O) groups is 1. The summed E-state index contributed by atoms with van der Waals surface area (Å²) >= 11 is 6.00. The minimum absolute atomic E-state index is 0.00720. The Labute approximate surface area is 152 Å². The molecule has 1 unspecified atom stereocenters. The summed E-state index contributed by atoms with van der Waals surface area (Å²) in [6, 6.07) is 11.2. The van der Waals surface area contributed by atoms with Gasteiger partial charge in [0.1, 0.15) is 11.5 Å². The van der Waals surface area contributed by atoms with Gasteiger partial charge in [0.15, 0.2) is 0 Å². The molecule has 0 saturated heterocycles. The average Bonchev–Trinajstić information content (AvgIpc) is 3.27. The van der Waals surface area contributed by atoms with Gasteiger partial charge in [0.25, 0.3) is 5.91 Å². The molecule has 1 aromatic carbocycles. The van der Waals surface area contributed by atoms with Crippen LogP contribution in [0.4, 0.5) is 0 Å². The number of H-pyrrole nitrogens is 1. The maximum absolute atomic E-state index is 12.5. The zero-order chi connectivity index (χ0) is 17.8. The lowest BCUT2D eigenvalue weighted by Gasteiger charge is -2.28. The topological polar surface area (TPSA) is 61.3 Å². The van der Waals surface area contributed by atoms with E-state index in [-0.39, 0.29) is 11.9 Å². The lowest BCUT2D eigenvalue weighted by atomic mass is 10.2. The largest absolute Gasteiger partial charge is 0.468 e. The van der Waals surface area contributed by atoms with Gasteiger partial charge in [-0.3, -0.25) is 9.69 Å². The fourth-order valence-corrected chi connectivity index (χ4v) is 3.23. The van der Waals surface area contributed by atoms with Gasteiger partial charge >= 0.3 is 0 Å². The third-order valence-corrected chi connectivity index (χ3v) is 4.64. The third kappa shape index (κ3) is 3.89. The molecule has 132 valence electrons. The summed E-state index contributed by atoms with van der Waals surface area (Å²) in [7, 11) is 0. The first kappa shape index (κ1) is 17.6. The summed E-state index contributed by atoms with van der Waals surface area (Å²) in [5.74, 6) is 0.712. The van der Waals surface area contributed by atoms with Crippen molar-refractivity contribution < 1.29 is 9.21 Å². The Hall–Kier alpha value is -2.24. The Morgan fingerprint density at radius 3 is 2.76 bits per heavy atom. The van der Waals surface area contributed by atoms with Crippen LogP contribution in [0, 0.1) is 0 Å². The number of hydrogen-bond donors (Lipinski definition) is 2. The van der Waals surface area contributed by atoms with Gasteiger partial charge in [0.05, 0.1) is 12.3 Å². The smallest absolute Gasteiger partial charge is 0.267 e. The number of nitrogens with one attached hydrogen (secondary N) is 2. The molecule has 0 fully saturated rings. The number of furan rings is 1. The Morgan fingerprint density at radius 2 is 2.08 bits per heavy atom. The van der Waals surface area contributed by atoms with E-state index in [1.54, 1.807) is 6.26 Å². The zero-order valence-corrected chi connectivity index (χ0v) is 15.1. The van der Waals surface area contributed by atoms with E-state index in [1.165, 1.54) is 0 Å². The summed E-state index contributed by atoms with van der Waals surface area (Å²) in [4.78, 5) is 17.9. The minimum Gasteiger partial charge on any atom is -0.468 e. The number of aromatic nitrogens is 1. The highest BCUT2D eigenvalue weighted by atomic mass is 35.5. The molecule has 2 heterocycles. The van der Waals surface area contributed by atoms with E-state index in [2.05, 4.69) is 29.0 Å². The molecule has 0 aliphatic carbocycles. The number of hydrogen-bond acceptors (Lipinski definition) is 3. The predicted octanol–water partition coefficient (Wildman–Crippen LogP) is 4.23. The highest BCUT2D eigenvalue weighted by molar-refractivity contribution is 6.31. The monoisotopic (exact) mass is 359 g/mol. The summed E-state index contributed by atoms with van der Waals surface area (Å²) in [5.41, 5.74) is 1.37. The highest BCUT2D eigenvalue weighted by Gasteiger charge is 2.22. The van der Waals surface area contributed by atoms with E-state index in [4.69, 9.17) is 16.0 Å². The molecule has 1 amide bonds. The summed E-state index contributed by atoms with van der Waals surface area (Å²) in [6.07, 6.45) is 1.66. The Bertz CT molecular complexity index is 838. The average molecular weight is 360 g/mol. The number of rotatable bonds is 7. The molecule has 0 radical (unpaired) electrons. The Balaban J connectivity index is 1.74. The third-order valence-electron chi connectivity index (χ3n) is 4.41. The van der Waals surface area contributed by atoms with Crippen LogP contribution in [0.2, 0.25) is 5.02 Å². The van der Waals surface area contributed by atoms with Gasteiger partial charge in [0, 0.05) is 22.5 Å². The van der Waals surface area contributed by atoms with Crippen LogP contribution in [0.15, 0.2) is 47.1 Å². The van der Waals surface area contributed by atoms with E-state index < -0.39 is 0 Å². The van der Waals surface area contributed by atoms with Crippen LogP contribution in [0.3, 0.4) is 0 Å². The number of likely N-dealkylation sites (N-methyl/N-ethyl adjacent to an activating group) is 1. The predicted molar refractivity (Wildman–Crippen MR) is 100 cm³/mol. The van der Waals surface area contributed by atoms with Crippen LogP contribution in [-0.2, 0) is 0 Å². The molecule has 3 rings (SSSR count). The number of benzene rings is 1. The SMILES string of the molecule is CCN(CC)C(CNC(=O)c1cc2ccc(Cl)cc2[nH]1)c1ccco1. The molecular formula is C19H22ClN3O2. The van der Waals surface area contributed by atoms with E-state index in [9.17, 15) is 4.79 Å². The molecule has 3 aromatic rings. The molecule has 0 saturated carbocycles. The molecule has 6 heteroatoms. The van der Waals surface area contributed by atoms with Crippen LogP contribution in [0.1, 0.15) is 36.1 Å². The van der Waals surface area contributed by atoms with Crippen molar-refractivity contribution in [1.82, 2.24) is 15.2 Å². The van der Waals surface area contributed by atoms with E-state index in [0.717, 1.165) is 29.8 Å². The van der Waals surface area contributed by atoms with Crippen molar-refractivity contribution in [2.45, 2.75) is 19.9 Å². The molecule has 0 bridgehead atoms. The number of amides is 1. The molecule has 2 aromatic heterocycles. The van der Waals surface area contributed by atoms with Gasteiger partial charge in [-0.1, -0.05) is 31.5 Å². The lowest BCUT2D eigenvalue weighted by Crippen LogP contribution is -2.38. The normalized spacial score (nSPS) is 12.6. The van der Waals surface area contributed by atoms with Crippen LogP contribution in [-0.4, -0.2) is 35.4 Å². The molecule has 0 aliphatic rings. The Morgan fingerprint density at radius 1 is 1.28 bits per heavy atom. The van der Waals surface area contributed by atoms with Crippen molar-refractivity contribution in [3.8, 4) is 0 Å².